The number of benzene rings is 2. The van der Waals surface area contributed by atoms with Crippen LogP contribution in [0.15, 0.2) is 47.4 Å². The molecule has 2 aromatic rings. The predicted octanol–water partition coefficient (Wildman–Crippen LogP) is 2.67. The Bertz CT molecular complexity index is 854. The first-order valence-electron chi connectivity index (χ1n) is 7.52. The largest absolute Gasteiger partial charge is 0.331 e. The van der Waals surface area contributed by atoms with Gasteiger partial charge in [-0.3, -0.25) is 20.4 Å². The van der Waals surface area contributed by atoms with Gasteiger partial charge in [0.15, 0.2) is 5.11 Å². The topological polar surface area (TPSA) is 82.3 Å². The van der Waals surface area contributed by atoms with Gasteiger partial charge in [0.2, 0.25) is 5.91 Å². The summed E-state index contributed by atoms with van der Waals surface area (Å²) in [6.45, 7) is 1.96. The molecule has 0 saturated carbocycles. The van der Waals surface area contributed by atoms with Gasteiger partial charge in [0.1, 0.15) is 0 Å². The lowest BCUT2D eigenvalue weighted by molar-refractivity contribution is -0.113. The number of amides is 2. The molecule has 0 aliphatic carbocycles. The van der Waals surface area contributed by atoms with E-state index in [-0.39, 0.29) is 16.9 Å². The van der Waals surface area contributed by atoms with E-state index in [0.717, 1.165) is 16.1 Å². The van der Waals surface area contributed by atoms with E-state index < -0.39 is 0 Å². The van der Waals surface area contributed by atoms with E-state index in [1.807, 2.05) is 37.3 Å². The lowest BCUT2D eigenvalue weighted by Gasteiger charge is -2.17. The fraction of sp³-hybridized carbons (Fsp3) is 0.118. The molecule has 1 heterocycles. The van der Waals surface area contributed by atoms with Gasteiger partial charge in [-0.05, 0) is 49.0 Å². The summed E-state index contributed by atoms with van der Waals surface area (Å²) < 4.78 is 0. The molecule has 0 spiro atoms. The summed E-state index contributed by atoms with van der Waals surface area (Å²) >= 11 is 6.63. The summed E-state index contributed by atoms with van der Waals surface area (Å²) in [5.41, 5.74) is 8.20. The molecule has 0 radical (unpaired) electrons. The number of hydrogen-bond acceptors (Lipinski definition) is 4. The Balaban J connectivity index is 1.59. The van der Waals surface area contributed by atoms with E-state index >= 15 is 0 Å². The molecule has 25 heavy (non-hydrogen) atoms. The molecule has 4 N–H and O–H groups in total. The van der Waals surface area contributed by atoms with Crippen LogP contribution in [0.25, 0.3) is 0 Å². The smallest absolute Gasteiger partial charge is 0.269 e. The van der Waals surface area contributed by atoms with Crippen molar-refractivity contribution in [2.45, 2.75) is 11.8 Å². The molecule has 2 amide bonds. The second-order valence-corrected chi connectivity index (χ2v) is 6.82. The summed E-state index contributed by atoms with van der Waals surface area (Å²) in [6, 6.07) is 12.9. The number of carbonyl (C=O) groups excluding carboxylic acids is 2. The van der Waals surface area contributed by atoms with E-state index in [0.29, 0.717) is 17.0 Å². The fourth-order valence-corrected chi connectivity index (χ4v) is 3.23. The zero-order valence-electron chi connectivity index (χ0n) is 13.4. The van der Waals surface area contributed by atoms with Gasteiger partial charge in [0.25, 0.3) is 5.91 Å². The molecule has 0 bridgehead atoms. The van der Waals surface area contributed by atoms with Crippen LogP contribution >= 0.6 is 24.0 Å². The third-order valence-electron chi connectivity index (χ3n) is 3.56. The highest BCUT2D eigenvalue weighted by Gasteiger charge is 2.17. The van der Waals surface area contributed by atoms with Gasteiger partial charge >= 0.3 is 0 Å². The Morgan fingerprint density at radius 2 is 2.00 bits per heavy atom. The minimum atomic E-state index is -0.346. The number of para-hydroxylation sites is 1. The van der Waals surface area contributed by atoms with Crippen LogP contribution in [0.5, 0.6) is 0 Å². The number of rotatable bonds is 2. The van der Waals surface area contributed by atoms with Crippen LogP contribution in [-0.4, -0.2) is 22.7 Å². The molecule has 2 aromatic carbocycles. The number of nitrogens with one attached hydrogen (secondary N) is 4. The lowest BCUT2D eigenvalue weighted by Crippen LogP contribution is -2.43. The Morgan fingerprint density at radius 3 is 2.80 bits per heavy atom. The Kier molecular flexibility index (Phi) is 5.20. The van der Waals surface area contributed by atoms with Gasteiger partial charge < -0.3 is 10.6 Å². The lowest BCUT2D eigenvalue weighted by atomic mass is 10.2. The highest BCUT2D eigenvalue weighted by molar-refractivity contribution is 8.00. The average molecular weight is 372 g/mol. The zero-order valence-corrected chi connectivity index (χ0v) is 15.0. The molecular weight excluding hydrogens is 356 g/mol. The molecule has 0 unspecified atom stereocenters. The van der Waals surface area contributed by atoms with Gasteiger partial charge in [-0.15, -0.1) is 11.8 Å². The highest BCUT2D eigenvalue weighted by Crippen LogP contribution is 2.31. The van der Waals surface area contributed by atoms with E-state index in [1.165, 1.54) is 11.8 Å². The predicted molar refractivity (Wildman–Crippen MR) is 104 cm³/mol. The van der Waals surface area contributed by atoms with Crippen LogP contribution in [0, 0.1) is 6.92 Å². The Hall–Kier alpha value is -2.58. The number of fused-ring (bicyclic) bond motifs is 1. The standard InChI is InChI=1S/C17H16N4O2S2/c1-10-4-2-3-5-12(10)19-17(24)21-20-16(23)11-6-7-14-13(8-11)18-15(22)9-25-14/h2-8H,9H2,1H3,(H,18,22)(H,20,23)(H2,19,21,24). The van der Waals surface area contributed by atoms with Crippen LogP contribution in [0.3, 0.4) is 0 Å². The molecule has 0 saturated heterocycles. The molecule has 0 fully saturated rings. The van der Waals surface area contributed by atoms with Crippen LogP contribution < -0.4 is 21.5 Å². The zero-order chi connectivity index (χ0) is 17.8. The van der Waals surface area contributed by atoms with Crippen LogP contribution in [0.1, 0.15) is 15.9 Å². The fourth-order valence-electron chi connectivity index (χ4n) is 2.28. The molecular formula is C17H16N4O2S2. The number of hydrogen-bond donors (Lipinski definition) is 4. The number of anilines is 2. The molecule has 1 aliphatic rings. The maximum Gasteiger partial charge on any atom is 0.269 e. The average Bonchev–Trinajstić information content (AvgIpc) is 2.61. The number of thiocarbonyl (C=S) groups is 1. The third kappa shape index (κ3) is 4.28. The van der Waals surface area contributed by atoms with Crippen molar-refractivity contribution in [2.24, 2.45) is 0 Å². The summed E-state index contributed by atoms with van der Waals surface area (Å²) in [4.78, 5) is 24.7. The third-order valence-corrected chi connectivity index (χ3v) is 4.84. The van der Waals surface area contributed by atoms with Crippen molar-refractivity contribution in [3.8, 4) is 0 Å². The van der Waals surface area contributed by atoms with Crippen molar-refractivity contribution in [1.29, 1.82) is 0 Å². The van der Waals surface area contributed by atoms with E-state index in [2.05, 4.69) is 21.5 Å². The van der Waals surface area contributed by atoms with Gasteiger partial charge in [-0.1, -0.05) is 18.2 Å². The number of aryl methyl sites for hydroxylation is 1. The molecule has 0 atom stereocenters. The molecule has 1 aliphatic heterocycles. The molecule has 6 nitrogen and oxygen atoms in total. The van der Waals surface area contributed by atoms with E-state index in [9.17, 15) is 9.59 Å². The monoisotopic (exact) mass is 372 g/mol. The number of thioether (sulfide) groups is 1. The maximum atomic E-state index is 12.3. The second kappa shape index (κ2) is 7.54. The van der Waals surface area contributed by atoms with E-state index in [1.54, 1.807) is 12.1 Å². The minimum Gasteiger partial charge on any atom is -0.331 e. The summed E-state index contributed by atoms with van der Waals surface area (Å²) in [5, 5.41) is 6.06. The first-order chi connectivity index (χ1) is 12.0. The van der Waals surface area contributed by atoms with Crippen LogP contribution in [0.4, 0.5) is 11.4 Å². The van der Waals surface area contributed by atoms with Crippen molar-refractivity contribution in [1.82, 2.24) is 10.9 Å². The molecule has 128 valence electrons. The van der Waals surface area contributed by atoms with Gasteiger partial charge in [0.05, 0.1) is 11.4 Å². The SMILES string of the molecule is Cc1ccccc1NC(=S)NNC(=O)c1ccc2c(c1)NC(=O)CS2. The summed E-state index contributed by atoms with van der Waals surface area (Å²) in [6.07, 6.45) is 0. The second-order valence-electron chi connectivity index (χ2n) is 5.40. The first kappa shape index (κ1) is 17.2. The van der Waals surface area contributed by atoms with Crippen LogP contribution in [0.2, 0.25) is 0 Å². The number of carbonyl (C=O) groups is 2. The van der Waals surface area contributed by atoms with Crippen molar-refractivity contribution in [3.05, 3.63) is 53.6 Å². The Labute approximate surface area is 154 Å². The normalized spacial score (nSPS) is 12.6. The summed E-state index contributed by atoms with van der Waals surface area (Å²) in [5.74, 6) is -0.0304. The van der Waals surface area contributed by atoms with Crippen molar-refractivity contribution in [3.63, 3.8) is 0 Å². The van der Waals surface area contributed by atoms with Crippen LogP contribution in [-0.2, 0) is 4.79 Å². The molecule has 8 heteroatoms. The van der Waals surface area contributed by atoms with Gasteiger partial charge in [-0.25, -0.2) is 0 Å². The van der Waals surface area contributed by atoms with E-state index in [4.69, 9.17) is 12.2 Å². The quantitative estimate of drug-likeness (QED) is 0.479. The minimum absolute atomic E-state index is 0.0724. The highest BCUT2D eigenvalue weighted by atomic mass is 32.2. The maximum absolute atomic E-state index is 12.3. The van der Waals surface area contributed by atoms with Gasteiger partial charge in [0, 0.05) is 16.1 Å². The number of hydrazine groups is 1. The van der Waals surface area contributed by atoms with Crippen molar-refractivity contribution < 1.29 is 9.59 Å². The van der Waals surface area contributed by atoms with Gasteiger partial charge in [-0.2, -0.15) is 0 Å². The van der Waals surface area contributed by atoms with Crippen molar-refractivity contribution in [2.75, 3.05) is 16.4 Å². The molecule has 0 aromatic heterocycles. The first-order valence-corrected chi connectivity index (χ1v) is 8.92. The van der Waals surface area contributed by atoms with Crippen molar-refractivity contribution >= 4 is 52.3 Å². The summed E-state index contributed by atoms with van der Waals surface area (Å²) in [7, 11) is 0. The Morgan fingerprint density at radius 1 is 1.20 bits per heavy atom. The molecule has 3 rings (SSSR count).